The SMILES string of the molecule is CC1(C)CC(=O)C2=C(C1)N(c1ccc(F)cc1F)C(N)=C(C#N)C2c1ccc(Br)cc1F. The molecular weight excluding hydrogens is 483 g/mol. The van der Waals surface area contributed by atoms with E-state index >= 15 is 0 Å². The van der Waals surface area contributed by atoms with Crippen molar-refractivity contribution in [3.05, 3.63) is 86.6 Å². The van der Waals surface area contributed by atoms with Gasteiger partial charge < -0.3 is 5.73 Å². The highest BCUT2D eigenvalue weighted by Crippen LogP contribution is 2.50. The van der Waals surface area contributed by atoms with Crippen LogP contribution in [-0.4, -0.2) is 5.78 Å². The Bertz CT molecular complexity index is 1260. The molecule has 2 aromatic rings. The number of carbonyl (C=O) groups is 1. The second-order valence-corrected chi connectivity index (χ2v) is 9.66. The van der Waals surface area contributed by atoms with Crippen LogP contribution in [0.1, 0.15) is 38.2 Å². The Kier molecular flexibility index (Phi) is 5.41. The summed E-state index contributed by atoms with van der Waals surface area (Å²) in [6.45, 7) is 3.78. The van der Waals surface area contributed by atoms with Gasteiger partial charge in [-0.2, -0.15) is 5.26 Å². The van der Waals surface area contributed by atoms with Crippen molar-refractivity contribution < 1.29 is 18.0 Å². The van der Waals surface area contributed by atoms with Crippen LogP contribution in [0.3, 0.4) is 0 Å². The quantitative estimate of drug-likeness (QED) is 0.563. The van der Waals surface area contributed by atoms with E-state index in [1.54, 1.807) is 6.07 Å². The van der Waals surface area contributed by atoms with Crippen LogP contribution in [-0.2, 0) is 4.79 Å². The molecule has 0 saturated heterocycles. The molecule has 0 spiro atoms. The van der Waals surface area contributed by atoms with Gasteiger partial charge in [0, 0.05) is 33.8 Å². The lowest BCUT2D eigenvalue weighted by molar-refractivity contribution is -0.118. The maximum atomic E-state index is 15.0. The number of ketones is 1. The first kappa shape index (κ1) is 22.2. The fourth-order valence-corrected chi connectivity index (χ4v) is 4.83. The molecule has 0 bridgehead atoms. The lowest BCUT2D eigenvalue weighted by Crippen LogP contribution is -2.42. The molecule has 1 aliphatic heterocycles. The van der Waals surface area contributed by atoms with Crippen LogP contribution in [0, 0.1) is 34.2 Å². The Labute approximate surface area is 191 Å². The maximum Gasteiger partial charge on any atom is 0.162 e. The second kappa shape index (κ2) is 7.82. The molecule has 4 nitrogen and oxygen atoms in total. The first-order chi connectivity index (χ1) is 15.0. The van der Waals surface area contributed by atoms with Gasteiger partial charge in [0.2, 0.25) is 0 Å². The highest BCUT2D eigenvalue weighted by Gasteiger charge is 2.45. The van der Waals surface area contributed by atoms with E-state index in [-0.39, 0.29) is 40.4 Å². The molecule has 0 amide bonds. The van der Waals surface area contributed by atoms with Gasteiger partial charge in [0.15, 0.2) is 5.78 Å². The van der Waals surface area contributed by atoms with Crippen molar-refractivity contribution in [3.8, 4) is 6.07 Å². The van der Waals surface area contributed by atoms with E-state index in [0.717, 1.165) is 6.07 Å². The van der Waals surface area contributed by atoms with E-state index in [0.29, 0.717) is 22.7 Å². The number of nitriles is 1. The van der Waals surface area contributed by atoms with Crippen LogP contribution < -0.4 is 10.6 Å². The lowest BCUT2D eigenvalue weighted by atomic mass is 9.68. The Morgan fingerprint density at radius 1 is 1.12 bits per heavy atom. The Balaban J connectivity index is 2.04. The van der Waals surface area contributed by atoms with Crippen molar-refractivity contribution in [2.45, 2.75) is 32.6 Å². The first-order valence-corrected chi connectivity index (χ1v) is 10.7. The third kappa shape index (κ3) is 3.61. The fourth-order valence-electron chi connectivity index (χ4n) is 4.49. The topological polar surface area (TPSA) is 70.1 Å². The summed E-state index contributed by atoms with van der Waals surface area (Å²) < 4.78 is 43.9. The van der Waals surface area contributed by atoms with E-state index in [1.807, 2.05) is 19.9 Å². The summed E-state index contributed by atoms with van der Waals surface area (Å²) in [6, 6.07) is 9.38. The minimum atomic E-state index is -1.02. The predicted octanol–water partition coefficient (Wildman–Crippen LogP) is 5.81. The highest BCUT2D eigenvalue weighted by atomic mass is 79.9. The van der Waals surface area contributed by atoms with Gasteiger partial charge in [0.1, 0.15) is 23.3 Å². The van der Waals surface area contributed by atoms with Crippen LogP contribution in [0.15, 0.2) is 63.5 Å². The summed E-state index contributed by atoms with van der Waals surface area (Å²) in [7, 11) is 0. The van der Waals surface area contributed by atoms with Crippen LogP contribution in [0.4, 0.5) is 18.9 Å². The van der Waals surface area contributed by atoms with E-state index in [4.69, 9.17) is 5.73 Å². The van der Waals surface area contributed by atoms with E-state index < -0.39 is 28.8 Å². The number of nitrogens with zero attached hydrogens (tertiary/aromatic N) is 2. The van der Waals surface area contributed by atoms with Gasteiger partial charge in [0.05, 0.1) is 23.2 Å². The lowest BCUT2D eigenvalue weighted by Gasteiger charge is -2.43. The molecule has 2 aromatic carbocycles. The van der Waals surface area contributed by atoms with Crippen molar-refractivity contribution in [1.82, 2.24) is 0 Å². The smallest absolute Gasteiger partial charge is 0.162 e. The molecule has 1 heterocycles. The molecule has 0 saturated carbocycles. The molecule has 0 aromatic heterocycles. The fraction of sp³-hybridized carbons (Fsp3) is 0.250. The molecule has 2 N–H and O–H groups in total. The number of allylic oxidation sites excluding steroid dienone is 3. The molecule has 164 valence electrons. The number of halogens is 4. The molecule has 8 heteroatoms. The van der Waals surface area contributed by atoms with Crippen LogP contribution in [0.25, 0.3) is 0 Å². The molecule has 0 fully saturated rings. The highest BCUT2D eigenvalue weighted by molar-refractivity contribution is 9.10. The third-order valence-electron chi connectivity index (χ3n) is 5.81. The molecular formula is C24H19BrF3N3O. The van der Waals surface area contributed by atoms with Crippen molar-refractivity contribution in [1.29, 1.82) is 5.26 Å². The van der Waals surface area contributed by atoms with Gasteiger partial charge in [-0.1, -0.05) is 35.8 Å². The zero-order valence-electron chi connectivity index (χ0n) is 17.3. The average molecular weight is 502 g/mol. The summed E-state index contributed by atoms with van der Waals surface area (Å²) in [4.78, 5) is 14.6. The standard InChI is InChI=1S/C24H19BrF3N3O/c1-24(2)9-19-22(20(32)10-24)21(14-5-3-12(25)7-16(14)27)15(11-29)23(30)31(19)18-6-4-13(26)8-17(18)28/h3-8,21H,9-10,30H2,1-2H3. The van der Waals surface area contributed by atoms with Crippen molar-refractivity contribution >= 4 is 27.4 Å². The predicted molar refractivity (Wildman–Crippen MR) is 118 cm³/mol. The summed E-state index contributed by atoms with van der Waals surface area (Å²) >= 11 is 3.21. The Hall–Kier alpha value is -3.05. The third-order valence-corrected chi connectivity index (χ3v) is 6.30. The number of benzene rings is 2. The van der Waals surface area contributed by atoms with Crippen LogP contribution >= 0.6 is 15.9 Å². The Morgan fingerprint density at radius 3 is 2.47 bits per heavy atom. The van der Waals surface area contributed by atoms with Crippen molar-refractivity contribution in [2.24, 2.45) is 11.1 Å². The van der Waals surface area contributed by atoms with Gasteiger partial charge in [0.25, 0.3) is 0 Å². The number of nitrogens with two attached hydrogens (primary N) is 1. The number of hydrogen-bond acceptors (Lipinski definition) is 4. The zero-order chi connectivity index (χ0) is 23.4. The van der Waals surface area contributed by atoms with Crippen LogP contribution in [0.2, 0.25) is 0 Å². The van der Waals surface area contributed by atoms with Crippen LogP contribution in [0.5, 0.6) is 0 Å². The monoisotopic (exact) mass is 501 g/mol. The number of carbonyl (C=O) groups excluding carboxylic acids is 1. The summed E-state index contributed by atoms with van der Waals surface area (Å²) in [5, 5.41) is 9.96. The molecule has 1 aliphatic carbocycles. The molecule has 1 atom stereocenters. The molecule has 0 radical (unpaired) electrons. The minimum Gasteiger partial charge on any atom is -0.384 e. The largest absolute Gasteiger partial charge is 0.384 e. The zero-order valence-corrected chi connectivity index (χ0v) is 18.9. The van der Waals surface area contributed by atoms with Gasteiger partial charge >= 0.3 is 0 Å². The minimum absolute atomic E-state index is 0.0678. The molecule has 32 heavy (non-hydrogen) atoms. The summed E-state index contributed by atoms with van der Waals surface area (Å²) in [6.07, 6.45) is 0.512. The molecule has 4 rings (SSSR count). The van der Waals surface area contributed by atoms with Gasteiger partial charge in [-0.05, 0) is 36.1 Å². The van der Waals surface area contributed by atoms with E-state index in [1.165, 1.54) is 23.1 Å². The number of Topliss-reactive ketones (excluding diaryl/α,β-unsaturated/α-hetero) is 1. The van der Waals surface area contributed by atoms with Gasteiger partial charge in [-0.3, -0.25) is 9.69 Å². The van der Waals surface area contributed by atoms with Gasteiger partial charge in [-0.15, -0.1) is 0 Å². The van der Waals surface area contributed by atoms with E-state index in [9.17, 15) is 23.2 Å². The molecule has 2 aliphatic rings. The number of rotatable bonds is 2. The number of hydrogen-bond donors (Lipinski definition) is 1. The first-order valence-electron chi connectivity index (χ1n) is 9.90. The van der Waals surface area contributed by atoms with Crippen molar-refractivity contribution in [3.63, 3.8) is 0 Å². The summed E-state index contributed by atoms with van der Waals surface area (Å²) in [5.74, 6) is -3.66. The Morgan fingerprint density at radius 2 is 1.84 bits per heavy atom. The van der Waals surface area contributed by atoms with Crippen molar-refractivity contribution in [2.75, 3.05) is 4.90 Å². The number of anilines is 1. The van der Waals surface area contributed by atoms with E-state index in [2.05, 4.69) is 15.9 Å². The average Bonchev–Trinajstić information content (AvgIpc) is 2.68. The molecule has 1 unspecified atom stereocenters. The summed E-state index contributed by atoms with van der Waals surface area (Å²) in [5.41, 5.74) is 6.48. The second-order valence-electron chi connectivity index (χ2n) is 8.74. The normalized spacial score (nSPS) is 20.3. The van der Waals surface area contributed by atoms with Gasteiger partial charge in [-0.25, -0.2) is 13.2 Å². The maximum absolute atomic E-state index is 15.0.